The molecular formula is C18H23N3O. The van der Waals surface area contributed by atoms with Crippen LogP contribution in [0.15, 0.2) is 48.7 Å². The van der Waals surface area contributed by atoms with Gasteiger partial charge in [0.1, 0.15) is 5.82 Å². The van der Waals surface area contributed by atoms with Gasteiger partial charge in [-0.2, -0.15) is 0 Å². The van der Waals surface area contributed by atoms with E-state index in [-0.39, 0.29) is 11.8 Å². The molecule has 1 heterocycles. The Bertz CT molecular complexity index is 611. The zero-order valence-electron chi connectivity index (χ0n) is 13.4. The van der Waals surface area contributed by atoms with Crippen LogP contribution in [0.1, 0.15) is 30.4 Å². The number of anilines is 1. The molecule has 0 aliphatic heterocycles. The first-order chi connectivity index (χ1) is 10.6. The summed E-state index contributed by atoms with van der Waals surface area (Å²) < 4.78 is 0. The van der Waals surface area contributed by atoms with Gasteiger partial charge in [-0.25, -0.2) is 4.98 Å². The third-order valence-electron chi connectivity index (χ3n) is 3.67. The molecule has 0 spiro atoms. The molecule has 1 atom stereocenters. The lowest BCUT2D eigenvalue weighted by Crippen LogP contribution is -2.29. The van der Waals surface area contributed by atoms with E-state index in [1.54, 1.807) is 6.20 Å². The van der Waals surface area contributed by atoms with E-state index in [1.807, 2.05) is 68.4 Å². The first-order valence-electron chi connectivity index (χ1n) is 7.57. The van der Waals surface area contributed by atoms with E-state index in [1.165, 1.54) is 0 Å². The summed E-state index contributed by atoms with van der Waals surface area (Å²) in [5, 5.41) is 3.04. The standard InChI is InChI=1S/C18H23N3O/c1-4-16(14-9-6-5-7-10-14)18(22)20-13-15-11-8-12-19-17(15)21(2)3/h5-12,16H,4,13H2,1-3H3,(H,20,22). The van der Waals surface area contributed by atoms with Crippen molar-refractivity contribution in [3.05, 3.63) is 59.8 Å². The van der Waals surface area contributed by atoms with Crippen molar-refractivity contribution in [3.8, 4) is 0 Å². The van der Waals surface area contributed by atoms with Crippen molar-refractivity contribution < 1.29 is 4.79 Å². The minimum Gasteiger partial charge on any atom is -0.362 e. The van der Waals surface area contributed by atoms with E-state index in [9.17, 15) is 4.79 Å². The number of rotatable bonds is 6. The molecular weight excluding hydrogens is 274 g/mol. The highest BCUT2D eigenvalue weighted by Crippen LogP contribution is 2.20. The van der Waals surface area contributed by atoms with Crippen molar-refractivity contribution in [2.75, 3.05) is 19.0 Å². The minimum absolute atomic E-state index is 0.0576. The molecule has 1 amide bonds. The first kappa shape index (κ1) is 16.0. The van der Waals surface area contributed by atoms with E-state index in [0.29, 0.717) is 6.54 Å². The second kappa shape index (κ2) is 7.59. The van der Waals surface area contributed by atoms with Gasteiger partial charge in [-0.1, -0.05) is 43.3 Å². The molecule has 116 valence electrons. The molecule has 0 bridgehead atoms. The maximum atomic E-state index is 12.5. The highest BCUT2D eigenvalue weighted by Gasteiger charge is 2.18. The Labute approximate surface area is 132 Å². The largest absolute Gasteiger partial charge is 0.362 e. The van der Waals surface area contributed by atoms with Crippen molar-refractivity contribution in [2.24, 2.45) is 0 Å². The molecule has 0 fully saturated rings. The summed E-state index contributed by atoms with van der Waals surface area (Å²) in [4.78, 5) is 18.8. The quantitative estimate of drug-likeness (QED) is 0.891. The van der Waals surface area contributed by atoms with E-state index < -0.39 is 0 Å². The maximum Gasteiger partial charge on any atom is 0.227 e. The second-order valence-electron chi connectivity index (χ2n) is 5.47. The molecule has 1 aromatic heterocycles. The maximum absolute atomic E-state index is 12.5. The average molecular weight is 297 g/mol. The Morgan fingerprint density at radius 2 is 1.91 bits per heavy atom. The van der Waals surface area contributed by atoms with Gasteiger partial charge in [0.15, 0.2) is 0 Å². The summed E-state index contributed by atoms with van der Waals surface area (Å²) in [7, 11) is 3.90. The third kappa shape index (κ3) is 3.85. The molecule has 0 radical (unpaired) electrons. The fourth-order valence-electron chi connectivity index (χ4n) is 2.53. The van der Waals surface area contributed by atoms with Crippen LogP contribution >= 0.6 is 0 Å². The molecule has 2 rings (SSSR count). The Hall–Kier alpha value is -2.36. The van der Waals surface area contributed by atoms with Crippen molar-refractivity contribution >= 4 is 11.7 Å². The van der Waals surface area contributed by atoms with Gasteiger partial charge < -0.3 is 10.2 Å². The van der Waals surface area contributed by atoms with Crippen LogP contribution in [0, 0.1) is 0 Å². The van der Waals surface area contributed by atoms with Gasteiger partial charge in [0.2, 0.25) is 5.91 Å². The zero-order valence-corrected chi connectivity index (χ0v) is 13.4. The number of hydrogen-bond donors (Lipinski definition) is 1. The molecule has 0 aliphatic carbocycles. The fourth-order valence-corrected chi connectivity index (χ4v) is 2.53. The Morgan fingerprint density at radius 1 is 1.18 bits per heavy atom. The van der Waals surface area contributed by atoms with E-state index in [4.69, 9.17) is 0 Å². The third-order valence-corrected chi connectivity index (χ3v) is 3.67. The van der Waals surface area contributed by atoms with Crippen molar-refractivity contribution in [1.29, 1.82) is 0 Å². The monoisotopic (exact) mass is 297 g/mol. The minimum atomic E-state index is -0.110. The van der Waals surface area contributed by atoms with Crippen LogP contribution in [-0.4, -0.2) is 25.0 Å². The first-order valence-corrected chi connectivity index (χ1v) is 7.57. The molecule has 1 N–H and O–H groups in total. The Balaban J connectivity index is 2.06. The molecule has 22 heavy (non-hydrogen) atoms. The number of carbonyl (C=O) groups is 1. The number of benzene rings is 1. The van der Waals surface area contributed by atoms with Crippen LogP contribution in [0.4, 0.5) is 5.82 Å². The lowest BCUT2D eigenvalue weighted by Gasteiger charge is -2.18. The summed E-state index contributed by atoms with van der Waals surface area (Å²) in [6, 6.07) is 13.8. The Morgan fingerprint density at radius 3 is 2.55 bits per heavy atom. The van der Waals surface area contributed by atoms with Gasteiger partial charge in [0, 0.05) is 32.4 Å². The van der Waals surface area contributed by atoms with Crippen molar-refractivity contribution in [2.45, 2.75) is 25.8 Å². The van der Waals surface area contributed by atoms with Crippen molar-refractivity contribution in [1.82, 2.24) is 10.3 Å². The molecule has 4 heteroatoms. The smallest absolute Gasteiger partial charge is 0.227 e. The fraction of sp³-hybridized carbons (Fsp3) is 0.333. The number of nitrogens with zero attached hydrogens (tertiary/aromatic N) is 2. The van der Waals surface area contributed by atoms with E-state index in [2.05, 4.69) is 10.3 Å². The highest BCUT2D eigenvalue weighted by atomic mass is 16.1. The number of carbonyl (C=O) groups excluding carboxylic acids is 1. The molecule has 2 aromatic rings. The molecule has 1 aromatic carbocycles. The molecule has 0 aliphatic rings. The number of hydrogen-bond acceptors (Lipinski definition) is 3. The summed E-state index contributed by atoms with van der Waals surface area (Å²) in [5.41, 5.74) is 2.07. The summed E-state index contributed by atoms with van der Waals surface area (Å²) >= 11 is 0. The predicted molar refractivity (Wildman–Crippen MR) is 89.9 cm³/mol. The molecule has 1 unspecified atom stereocenters. The lowest BCUT2D eigenvalue weighted by atomic mass is 9.95. The van der Waals surface area contributed by atoms with Gasteiger partial charge in [-0.05, 0) is 18.1 Å². The van der Waals surface area contributed by atoms with Crippen LogP contribution in [-0.2, 0) is 11.3 Å². The van der Waals surface area contributed by atoms with Crippen LogP contribution in [0.5, 0.6) is 0 Å². The number of nitrogens with one attached hydrogen (secondary N) is 1. The summed E-state index contributed by atoms with van der Waals surface area (Å²) in [6.07, 6.45) is 2.54. The van der Waals surface area contributed by atoms with Crippen LogP contribution in [0.25, 0.3) is 0 Å². The van der Waals surface area contributed by atoms with Crippen LogP contribution in [0.3, 0.4) is 0 Å². The normalized spacial score (nSPS) is 11.8. The van der Waals surface area contributed by atoms with E-state index in [0.717, 1.165) is 23.4 Å². The van der Waals surface area contributed by atoms with Crippen molar-refractivity contribution in [3.63, 3.8) is 0 Å². The van der Waals surface area contributed by atoms with Gasteiger partial charge in [0.25, 0.3) is 0 Å². The predicted octanol–water partition coefficient (Wildman–Crippen LogP) is 2.96. The molecule has 0 saturated heterocycles. The van der Waals surface area contributed by atoms with Crippen LogP contribution < -0.4 is 10.2 Å². The number of amides is 1. The van der Waals surface area contributed by atoms with E-state index >= 15 is 0 Å². The Kier molecular flexibility index (Phi) is 5.53. The van der Waals surface area contributed by atoms with Gasteiger partial charge in [0.05, 0.1) is 5.92 Å². The topological polar surface area (TPSA) is 45.2 Å². The van der Waals surface area contributed by atoms with Gasteiger partial charge in [-0.3, -0.25) is 4.79 Å². The average Bonchev–Trinajstić information content (AvgIpc) is 2.55. The highest BCUT2D eigenvalue weighted by molar-refractivity contribution is 5.83. The summed E-state index contributed by atoms with van der Waals surface area (Å²) in [5.74, 6) is 0.832. The van der Waals surface area contributed by atoms with Crippen LogP contribution in [0.2, 0.25) is 0 Å². The molecule has 4 nitrogen and oxygen atoms in total. The number of aromatic nitrogens is 1. The zero-order chi connectivity index (χ0) is 15.9. The molecule has 0 saturated carbocycles. The summed E-state index contributed by atoms with van der Waals surface area (Å²) in [6.45, 7) is 2.52. The van der Waals surface area contributed by atoms with Gasteiger partial charge in [-0.15, -0.1) is 0 Å². The lowest BCUT2D eigenvalue weighted by molar-refractivity contribution is -0.122. The SMILES string of the molecule is CCC(C(=O)NCc1cccnc1N(C)C)c1ccccc1. The second-order valence-corrected chi connectivity index (χ2v) is 5.47. The van der Waals surface area contributed by atoms with Gasteiger partial charge >= 0.3 is 0 Å². The number of pyridine rings is 1.